The maximum atomic E-state index is 12.8. The van der Waals surface area contributed by atoms with Gasteiger partial charge in [-0.15, -0.1) is 11.3 Å². The lowest BCUT2D eigenvalue weighted by Gasteiger charge is -2.30. The zero-order valence-corrected chi connectivity index (χ0v) is 14.1. The van der Waals surface area contributed by atoms with Crippen LogP contribution >= 0.6 is 11.3 Å². The van der Waals surface area contributed by atoms with Gasteiger partial charge >= 0.3 is 5.97 Å². The molecule has 0 radical (unpaired) electrons. The molecule has 0 aromatic carbocycles. The van der Waals surface area contributed by atoms with Gasteiger partial charge in [0.1, 0.15) is 16.2 Å². The fourth-order valence-corrected chi connectivity index (χ4v) is 3.86. The third kappa shape index (κ3) is 2.55. The van der Waals surface area contributed by atoms with Crippen LogP contribution in [0.5, 0.6) is 0 Å². The molecule has 6 nitrogen and oxygen atoms in total. The zero-order valence-electron chi connectivity index (χ0n) is 13.3. The van der Waals surface area contributed by atoms with Crippen LogP contribution in [0.3, 0.4) is 0 Å². The van der Waals surface area contributed by atoms with Crippen LogP contribution in [0.1, 0.15) is 40.9 Å². The number of nitrogens with zero attached hydrogens (tertiary/aromatic N) is 2. The standard InChI is InChI=1S/C16H18N2O4S/c1-9-5-6-11(22-9)13-17-10(2)12(23-13)14(19)18-8-4-7-16(18,3)15(20)21/h5-6H,4,7-8H2,1-3H3,(H,20,21). The van der Waals surface area contributed by atoms with Crippen LogP contribution in [0.4, 0.5) is 0 Å². The van der Waals surface area contributed by atoms with E-state index in [9.17, 15) is 14.7 Å². The first-order valence-corrected chi connectivity index (χ1v) is 8.24. The molecule has 0 spiro atoms. The van der Waals surface area contributed by atoms with E-state index in [0.717, 1.165) is 5.76 Å². The van der Waals surface area contributed by atoms with E-state index in [1.807, 2.05) is 19.1 Å². The number of likely N-dealkylation sites (tertiary alicyclic amines) is 1. The molecule has 122 valence electrons. The van der Waals surface area contributed by atoms with Gasteiger partial charge in [-0.1, -0.05) is 0 Å². The minimum atomic E-state index is -1.14. The van der Waals surface area contributed by atoms with Crippen LogP contribution in [0, 0.1) is 13.8 Å². The van der Waals surface area contributed by atoms with Crippen LogP contribution in [-0.2, 0) is 4.79 Å². The minimum absolute atomic E-state index is 0.267. The molecule has 1 aliphatic rings. The maximum Gasteiger partial charge on any atom is 0.329 e. The van der Waals surface area contributed by atoms with Gasteiger partial charge in [-0.3, -0.25) is 4.79 Å². The predicted octanol–water partition coefficient (Wildman–Crippen LogP) is 3.10. The molecule has 1 atom stereocenters. The van der Waals surface area contributed by atoms with Gasteiger partial charge in [-0.25, -0.2) is 9.78 Å². The number of aliphatic carboxylic acids is 1. The van der Waals surface area contributed by atoms with Crippen LogP contribution in [0.25, 0.3) is 10.8 Å². The Morgan fingerprint density at radius 2 is 2.13 bits per heavy atom. The number of carbonyl (C=O) groups excluding carboxylic acids is 1. The summed E-state index contributed by atoms with van der Waals surface area (Å²) in [5.41, 5.74) is -0.543. The number of aryl methyl sites for hydroxylation is 2. The lowest BCUT2D eigenvalue weighted by atomic mass is 9.99. The van der Waals surface area contributed by atoms with Crippen molar-refractivity contribution in [3.63, 3.8) is 0 Å². The summed E-state index contributed by atoms with van der Waals surface area (Å²) in [5.74, 6) is 0.167. The molecule has 0 saturated carbocycles. The largest absolute Gasteiger partial charge is 0.480 e. The molecule has 1 fully saturated rings. The van der Waals surface area contributed by atoms with Gasteiger partial charge in [0.15, 0.2) is 10.8 Å². The predicted molar refractivity (Wildman–Crippen MR) is 85.6 cm³/mol. The van der Waals surface area contributed by atoms with Crippen LogP contribution < -0.4 is 0 Å². The van der Waals surface area contributed by atoms with Crippen LogP contribution in [0.2, 0.25) is 0 Å². The number of carboxylic acids is 1. The smallest absolute Gasteiger partial charge is 0.329 e. The molecule has 0 bridgehead atoms. The first-order valence-electron chi connectivity index (χ1n) is 7.42. The topological polar surface area (TPSA) is 83.6 Å². The summed E-state index contributed by atoms with van der Waals surface area (Å²) in [7, 11) is 0. The summed E-state index contributed by atoms with van der Waals surface area (Å²) < 4.78 is 5.55. The lowest BCUT2D eigenvalue weighted by Crippen LogP contribution is -2.50. The molecule has 1 amide bonds. The Balaban J connectivity index is 1.94. The second-order valence-corrected chi connectivity index (χ2v) is 6.98. The van der Waals surface area contributed by atoms with E-state index in [4.69, 9.17) is 4.42 Å². The molecule has 1 saturated heterocycles. The molecule has 1 unspecified atom stereocenters. The molecule has 1 N–H and O–H groups in total. The first-order chi connectivity index (χ1) is 10.8. The molecule has 1 aliphatic heterocycles. The number of aromatic nitrogens is 1. The molecular formula is C16H18N2O4S. The number of carboxylic acid groups (broad SMARTS) is 1. The molecular weight excluding hydrogens is 316 g/mol. The van der Waals surface area contributed by atoms with E-state index >= 15 is 0 Å². The minimum Gasteiger partial charge on any atom is -0.480 e. The number of thiazole rings is 1. The molecule has 0 aliphatic carbocycles. The Kier molecular flexibility index (Phi) is 3.75. The van der Waals surface area contributed by atoms with Gasteiger partial charge < -0.3 is 14.4 Å². The second-order valence-electron chi connectivity index (χ2n) is 5.98. The van der Waals surface area contributed by atoms with E-state index in [0.29, 0.717) is 40.7 Å². The van der Waals surface area contributed by atoms with Crippen molar-refractivity contribution in [2.24, 2.45) is 0 Å². The van der Waals surface area contributed by atoms with Crippen molar-refractivity contribution < 1.29 is 19.1 Å². The summed E-state index contributed by atoms with van der Waals surface area (Å²) in [6.07, 6.45) is 1.16. The molecule has 2 aromatic heterocycles. The Morgan fingerprint density at radius 3 is 2.74 bits per heavy atom. The molecule has 3 rings (SSSR count). The van der Waals surface area contributed by atoms with E-state index in [1.165, 1.54) is 16.2 Å². The lowest BCUT2D eigenvalue weighted by molar-refractivity contribution is -0.147. The van der Waals surface area contributed by atoms with Gasteiger partial charge in [0.05, 0.1) is 5.69 Å². The number of hydrogen-bond donors (Lipinski definition) is 1. The Hall–Kier alpha value is -2.15. The quantitative estimate of drug-likeness (QED) is 0.932. The van der Waals surface area contributed by atoms with Gasteiger partial charge in [0.25, 0.3) is 5.91 Å². The number of rotatable bonds is 3. The average molecular weight is 334 g/mol. The highest BCUT2D eigenvalue weighted by atomic mass is 32.1. The molecule has 2 aromatic rings. The molecule has 23 heavy (non-hydrogen) atoms. The Labute approximate surface area is 137 Å². The van der Waals surface area contributed by atoms with Crippen molar-refractivity contribution in [1.29, 1.82) is 0 Å². The van der Waals surface area contributed by atoms with Gasteiger partial charge in [-0.2, -0.15) is 0 Å². The van der Waals surface area contributed by atoms with Gasteiger partial charge in [0.2, 0.25) is 0 Å². The molecule has 3 heterocycles. The molecule has 7 heteroatoms. The second kappa shape index (κ2) is 5.49. The first kappa shape index (κ1) is 15.7. The van der Waals surface area contributed by atoms with Gasteiger partial charge in [-0.05, 0) is 45.7 Å². The normalized spacial score (nSPS) is 20.9. The third-order valence-corrected chi connectivity index (χ3v) is 5.45. The Morgan fingerprint density at radius 1 is 1.39 bits per heavy atom. The summed E-state index contributed by atoms with van der Waals surface area (Å²) >= 11 is 1.24. The van der Waals surface area contributed by atoms with Crippen molar-refractivity contribution in [1.82, 2.24) is 9.88 Å². The number of carbonyl (C=O) groups is 2. The maximum absolute atomic E-state index is 12.8. The number of furan rings is 1. The fourth-order valence-electron chi connectivity index (χ4n) is 2.88. The van der Waals surface area contributed by atoms with Crippen LogP contribution in [-0.4, -0.2) is 39.0 Å². The fraction of sp³-hybridized carbons (Fsp3) is 0.438. The van der Waals surface area contributed by atoms with Crippen molar-refractivity contribution in [2.45, 2.75) is 39.2 Å². The zero-order chi connectivity index (χ0) is 16.8. The summed E-state index contributed by atoms with van der Waals surface area (Å²) in [5, 5.41) is 10.1. The summed E-state index contributed by atoms with van der Waals surface area (Å²) in [6.45, 7) is 5.66. The average Bonchev–Trinajstić information content (AvgIpc) is 3.17. The van der Waals surface area contributed by atoms with Crippen molar-refractivity contribution in [3.8, 4) is 10.8 Å². The van der Waals surface area contributed by atoms with Crippen molar-refractivity contribution in [2.75, 3.05) is 6.54 Å². The highest BCUT2D eigenvalue weighted by molar-refractivity contribution is 7.17. The summed E-state index contributed by atoms with van der Waals surface area (Å²) in [4.78, 5) is 30.7. The SMILES string of the molecule is Cc1ccc(-c2nc(C)c(C(=O)N3CCCC3(C)C(=O)O)s2)o1. The highest BCUT2D eigenvalue weighted by Gasteiger charge is 2.46. The van der Waals surface area contributed by atoms with Crippen LogP contribution in [0.15, 0.2) is 16.5 Å². The van der Waals surface area contributed by atoms with E-state index < -0.39 is 11.5 Å². The highest BCUT2D eigenvalue weighted by Crippen LogP contribution is 2.35. The van der Waals surface area contributed by atoms with E-state index in [-0.39, 0.29) is 5.91 Å². The number of hydrogen-bond acceptors (Lipinski definition) is 5. The number of amides is 1. The van der Waals surface area contributed by atoms with Gasteiger partial charge in [0, 0.05) is 6.54 Å². The van der Waals surface area contributed by atoms with Crippen molar-refractivity contribution >= 4 is 23.2 Å². The Bertz CT molecular complexity index is 779. The third-order valence-electron chi connectivity index (χ3n) is 4.29. The monoisotopic (exact) mass is 334 g/mol. The van der Waals surface area contributed by atoms with E-state index in [2.05, 4.69) is 4.98 Å². The van der Waals surface area contributed by atoms with E-state index in [1.54, 1.807) is 13.8 Å². The summed E-state index contributed by atoms with van der Waals surface area (Å²) in [6, 6.07) is 3.66. The van der Waals surface area contributed by atoms with Crippen molar-refractivity contribution in [3.05, 3.63) is 28.5 Å².